The molecule has 2 atom stereocenters. The molecule has 2 rings (SSSR count). The lowest BCUT2D eigenvalue weighted by Gasteiger charge is -2.20. The molecular formula is C16H20N4O. The predicted octanol–water partition coefficient (Wildman–Crippen LogP) is 2.06. The third-order valence-electron chi connectivity index (χ3n) is 3.51. The SMILES string of the molecule is CC[C@H](N[C@H](C)c1ccc(-c2cncnc2)cc1)C(N)=O. The molecule has 1 amide bonds. The fourth-order valence-electron chi connectivity index (χ4n) is 2.21. The molecule has 1 aromatic heterocycles. The zero-order valence-electron chi connectivity index (χ0n) is 12.3. The van der Waals surface area contributed by atoms with Crippen molar-refractivity contribution in [3.05, 3.63) is 48.5 Å². The van der Waals surface area contributed by atoms with Crippen molar-refractivity contribution in [2.75, 3.05) is 0 Å². The summed E-state index contributed by atoms with van der Waals surface area (Å²) in [5, 5.41) is 3.24. The molecule has 0 unspecified atom stereocenters. The number of nitrogens with two attached hydrogens (primary N) is 1. The van der Waals surface area contributed by atoms with Crippen molar-refractivity contribution in [1.29, 1.82) is 0 Å². The number of carbonyl (C=O) groups is 1. The van der Waals surface area contributed by atoms with E-state index in [1.165, 1.54) is 6.33 Å². The summed E-state index contributed by atoms with van der Waals surface area (Å²) in [6, 6.07) is 7.88. The van der Waals surface area contributed by atoms with Crippen LogP contribution in [-0.4, -0.2) is 21.9 Å². The molecule has 110 valence electrons. The molecular weight excluding hydrogens is 264 g/mol. The van der Waals surface area contributed by atoms with Gasteiger partial charge in [-0.15, -0.1) is 0 Å². The second-order valence-corrected chi connectivity index (χ2v) is 5.00. The maximum atomic E-state index is 11.3. The third kappa shape index (κ3) is 3.86. The molecule has 0 bridgehead atoms. The van der Waals surface area contributed by atoms with Gasteiger partial charge in [0.15, 0.2) is 0 Å². The second kappa shape index (κ2) is 6.95. The topological polar surface area (TPSA) is 80.9 Å². The average Bonchev–Trinajstić information content (AvgIpc) is 2.53. The molecule has 0 fully saturated rings. The van der Waals surface area contributed by atoms with Gasteiger partial charge in [0, 0.05) is 24.0 Å². The van der Waals surface area contributed by atoms with E-state index in [1.807, 2.05) is 38.1 Å². The summed E-state index contributed by atoms with van der Waals surface area (Å²) in [5.74, 6) is -0.317. The van der Waals surface area contributed by atoms with Gasteiger partial charge in [0.05, 0.1) is 6.04 Å². The molecule has 1 heterocycles. The van der Waals surface area contributed by atoms with E-state index in [9.17, 15) is 4.79 Å². The lowest BCUT2D eigenvalue weighted by atomic mass is 10.0. The van der Waals surface area contributed by atoms with Crippen LogP contribution in [0.25, 0.3) is 11.1 Å². The number of nitrogens with zero attached hydrogens (tertiary/aromatic N) is 2. The summed E-state index contributed by atoms with van der Waals surface area (Å²) >= 11 is 0. The highest BCUT2D eigenvalue weighted by Gasteiger charge is 2.16. The molecule has 0 spiro atoms. The van der Waals surface area contributed by atoms with Crippen LogP contribution in [-0.2, 0) is 4.79 Å². The minimum atomic E-state index is -0.317. The van der Waals surface area contributed by atoms with Crippen molar-refractivity contribution >= 4 is 5.91 Å². The van der Waals surface area contributed by atoms with Gasteiger partial charge in [-0.05, 0) is 24.5 Å². The Bertz CT molecular complexity index is 583. The fraction of sp³-hybridized carbons (Fsp3) is 0.312. The third-order valence-corrected chi connectivity index (χ3v) is 3.51. The van der Waals surface area contributed by atoms with Gasteiger partial charge < -0.3 is 5.73 Å². The Morgan fingerprint density at radius 2 is 1.81 bits per heavy atom. The van der Waals surface area contributed by atoms with Crippen molar-refractivity contribution in [2.24, 2.45) is 5.73 Å². The lowest BCUT2D eigenvalue weighted by molar-refractivity contribution is -0.120. The van der Waals surface area contributed by atoms with Gasteiger partial charge in [-0.3, -0.25) is 10.1 Å². The van der Waals surface area contributed by atoms with E-state index in [-0.39, 0.29) is 18.0 Å². The van der Waals surface area contributed by atoms with Crippen LogP contribution in [0.1, 0.15) is 31.9 Å². The fourth-order valence-corrected chi connectivity index (χ4v) is 2.21. The molecule has 5 heteroatoms. The van der Waals surface area contributed by atoms with Crippen LogP contribution in [0.5, 0.6) is 0 Å². The Kier molecular flexibility index (Phi) is 5.00. The number of amides is 1. The van der Waals surface area contributed by atoms with E-state index in [0.717, 1.165) is 16.7 Å². The molecule has 0 saturated carbocycles. The minimum Gasteiger partial charge on any atom is -0.368 e. The van der Waals surface area contributed by atoms with Gasteiger partial charge in [0.25, 0.3) is 0 Å². The first-order chi connectivity index (χ1) is 10.1. The Morgan fingerprint density at radius 3 is 2.33 bits per heavy atom. The molecule has 0 aliphatic carbocycles. The number of primary amides is 1. The molecule has 0 aliphatic heterocycles. The number of hydrogen-bond donors (Lipinski definition) is 2. The number of aromatic nitrogens is 2. The highest BCUT2D eigenvalue weighted by molar-refractivity contribution is 5.79. The van der Waals surface area contributed by atoms with E-state index >= 15 is 0 Å². The molecule has 3 N–H and O–H groups in total. The number of carbonyl (C=O) groups excluding carboxylic acids is 1. The number of rotatable bonds is 6. The second-order valence-electron chi connectivity index (χ2n) is 5.00. The summed E-state index contributed by atoms with van der Waals surface area (Å²) in [5.41, 5.74) is 8.51. The van der Waals surface area contributed by atoms with Gasteiger partial charge in [-0.25, -0.2) is 9.97 Å². The van der Waals surface area contributed by atoms with E-state index in [4.69, 9.17) is 5.73 Å². The average molecular weight is 284 g/mol. The molecule has 0 aliphatic rings. The quantitative estimate of drug-likeness (QED) is 0.850. The van der Waals surface area contributed by atoms with Crippen LogP contribution in [0.15, 0.2) is 43.0 Å². The standard InChI is InChI=1S/C16H20N4O/c1-3-15(16(17)21)20-11(2)12-4-6-13(7-5-12)14-8-18-10-19-9-14/h4-11,15,20H,3H2,1-2H3,(H2,17,21)/t11-,15+/m1/s1. The summed E-state index contributed by atoms with van der Waals surface area (Å²) in [4.78, 5) is 19.3. The van der Waals surface area contributed by atoms with Crippen LogP contribution in [0.2, 0.25) is 0 Å². The van der Waals surface area contributed by atoms with Crippen LogP contribution in [0, 0.1) is 0 Å². The van der Waals surface area contributed by atoms with Gasteiger partial charge in [0.2, 0.25) is 5.91 Å². The first-order valence-corrected chi connectivity index (χ1v) is 7.02. The van der Waals surface area contributed by atoms with Crippen LogP contribution in [0.4, 0.5) is 0 Å². The normalized spacial score (nSPS) is 13.6. The predicted molar refractivity (Wildman–Crippen MR) is 82.3 cm³/mol. The minimum absolute atomic E-state index is 0.0588. The molecule has 2 aromatic rings. The zero-order chi connectivity index (χ0) is 15.2. The largest absolute Gasteiger partial charge is 0.368 e. The molecule has 0 radical (unpaired) electrons. The molecule has 21 heavy (non-hydrogen) atoms. The lowest BCUT2D eigenvalue weighted by Crippen LogP contribution is -2.41. The summed E-state index contributed by atoms with van der Waals surface area (Å²) in [6.07, 6.45) is 5.76. The summed E-state index contributed by atoms with van der Waals surface area (Å²) in [7, 11) is 0. The number of hydrogen-bond acceptors (Lipinski definition) is 4. The highest BCUT2D eigenvalue weighted by Crippen LogP contribution is 2.21. The Balaban J connectivity index is 2.10. The van der Waals surface area contributed by atoms with Crippen molar-refractivity contribution in [2.45, 2.75) is 32.4 Å². The van der Waals surface area contributed by atoms with E-state index in [1.54, 1.807) is 12.4 Å². The van der Waals surface area contributed by atoms with Crippen molar-refractivity contribution in [3.63, 3.8) is 0 Å². The van der Waals surface area contributed by atoms with Crippen molar-refractivity contribution < 1.29 is 4.79 Å². The highest BCUT2D eigenvalue weighted by atomic mass is 16.1. The molecule has 1 aromatic carbocycles. The van der Waals surface area contributed by atoms with Crippen LogP contribution < -0.4 is 11.1 Å². The van der Waals surface area contributed by atoms with E-state index < -0.39 is 0 Å². The number of nitrogens with one attached hydrogen (secondary N) is 1. The van der Waals surface area contributed by atoms with E-state index in [0.29, 0.717) is 6.42 Å². The summed E-state index contributed by atoms with van der Waals surface area (Å²) < 4.78 is 0. The zero-order valence-corrected chi connectivity index (χ0v) is 12.3. The van der Waals surface area contributed by atoms with Gasteiger partial charge in [-0.1, -0.05) is 31.2 Å². The first-order valence-electron chi connectivity index (χ1n) is 7.02. The number of benzene rings is 1. The van der Waals surface area contributed by atoms with Gasteiger partial charge in [0.1, 0.15) is 6.33 Å². The maximum absolute atomic E-state index is 11.3. The van der Waals surface area contributed by atoms with Gasteiger partial charge >= 0.3 is 0 Å². The Hall–Kier alpha value is -2.27. The smallest absolute Gasteiger partial charge is 0.234 e. The van der Waals surface area contributed by atoms with Crippen molar-refractivity contribution in [3.8, 4) is 11.1 Å². The van der Waals surface area contributed by atoms with Crippen molar-refractivity contribution in [1.82, 2.24) is 15.3 Å². The van der Waals surface area contributed by atoms with Crippen LogP contribution >= 0.6 is 0 Å². The summed E-state index contributed by atoms with van der Waals surface area (Å²) in [6.45, 7) is 3.96. The first kappa shape index (κ1) is 15.1. The van der Waals surface area contributed by atoms with E-state index in [2.05, 4.69) is 15.3 Å². The van der Waals surface area contributed by atoms with Gasteiger partial charge in [-0.2, -0.15) is 0 Å². The maximum Gasteiger partial charge on any atom is 0.234 e. The molecule has 0 saturated heterocycles. The Labute approximate surface area is 124 Å². The molecule has 5 nitrogen and oxygen atoms in total. The monoisotopic (exact) mass is 284 g/mol. The Morgan fingerprint density at radius 1 is 1.19 bits per heavy atom. The van der Waals surface area contributed by atoms with Crippen LogP contribution in [0.3, 0.4) is 0 Å².